The maximum Gasteiger partial charge on any atom is 0.150 e. The summed E-state index contributed by atoms with van der Waals surface area (Å²) in [5.41, 5.74) is 2.02. The zero-order chi connectivity index (χ0) is 15.4. The highest BCUT2D eigenvalue weighted by molar-refractivity contribution is 5.99. The highest BCUT2D eigenvalue weighted by Gasteiger charge is 2.17. The molecule has 114 valence electrons. The van der Waals surface area contributed by atoms with Crippen molar-refractivity contribution in [3.05, 3.63) is 29.8 Å². The average Bonchev–Trinajstić information content (AvgIpc) is 2.49. The standard InChI is InChI=1S/C18H25NO2/c1-4-7-9-13-12-15(19(5-2)6-3)18(21)17-14(13)10-8-11-16(17)20/h8,10-12,20-21H,4-7,9H2,1-3H3. The maximum atomic E-state index is 10.6. The first-order valence-electron chi connectivity index (χ1n) is 7.85. The second-order valence-electron chi connectivity index (χ2n) is 5.38. The second-order valence-corrected chi connectivity index (χ2v) is 5.38. The molecule has 0 fully saturated rings. The first-order valence-corrected chi connectivity index (χ1v) is 7.85. The summed E-state index contributed by atoms with van der Waals surface area (Å²) in [6.07, 6.45) is 3.19. The van der Waals surface area contributed by atoms with Crippen LogP contribution in [-0.2, 0) is 6.42 Å². The summed E-state index contributed by atoms with van der Waals surface area (Å²) in [6, 6.07) is 7.53. The summed E-state index contributed by atoms with van der Waals surface area (Å²) in [7, 11) is 0. The fourth-order valence-corrected chi connectivity index (χ4v) is 2.88. The van der Waals surface area contributed by atoms with E-state index in [4.69, 9.17) is 0 Å². The normalized spacial score (nSPS) is 11.0. The van der Waals surface area contributed by atoms with Crippen LogP contribution in [0.4, 0.5) is 5.69 Å². The SMILES string of the molecule is CCCCc1cc(N(CC)CC)c(O)c2c(O)cccc12. The number of aromatic hydroxyl groups is 2. The predicted molar refractivity (Wildman–Crippen MR) is 89.5 cm³/mol. The number of fused-ring (bicyclic) bond motifs is 1. The number of nitrogens with zero attached hydrogens (tertiary/aromatic N) is 1. The number of aryl methyl sites for hydroxylation is 1. The van der Waals surface area contributed by atoms with Crippen molar-refractivity contribution in [2.24, 2.45) is 0 Å². The molecule has 0 saturated heterocycles. The first kappa shape index (κ1) is 15.5. The molecule has 3 nitrogen and oxygen atoms in total. The molecule has 3 heteroatoms. The lowest BCUT2D eigenvalue weighted by molar-refractivity contribution is 0.463. The molecule has 0 amide bonds. The third kappa shape index (κ3) is 2.92. The molecule has 0 spiro atoms. The van der Waals surface area contributed by atoms with Gasteiger partial charge in [0.25, 0.3) is 0 Å². The number of rotatable bonds is 6. The largest absolute Gasteiger partial charge is 0.507 e. The molecule has 0 aliphatic heterocycles. The van der Waals surface area contributed by atoms with Crippen LogP contribution in [0.15, 0.2) is 24.3 Å². The number of phenolic OH excluding ortho intramolecular Hbond substituents is 2. The Morgan fingerprint density at radius 1 is 1.05 bits per heavy atom. The molecule has 0 aliphatic rings. The fourth-order valence-electron chi connectivity index (χ4n) is 2.88. The van der Waals surface area contributed by atoms with Gasteiger partial charge in [0.2, 0.25) is 0 Å². The van der Waals surface area contributed by atoms with E-state index in [9.17, 15) is 10.2 Å². The van der Waals surface area contributed by atoms with Crippen molar-refractivity contribution >= 4 is 16.5 Å². The van der Waals surface area contributed by atoms with E-state index in [1.807, 2.05) is 12.1 Å². The molecule has 0 heterocycles. The van der Waals surface area contributed by atoms with Gasteiger partial charge in [-0.05, 0) is 49.8 Å². The predicted octanol–water partition coefficient (Wildman–Crippen LogP) is 4.44. The van der Waals surface area contributed by atoms with E-state index in [1.165, 1.54) is 5.56 Å². The van der Waals surface area contributed by atoms with Gasteiger partial charge in [-0.3, -0.25) is 0 Å². The minimum atomic E-state index is 0.150. The second kappa shape index (κ2) is 6.70. The third-order valence-electron chi connectivity index (χ3n) is 4.08. The van der Waals surface area contributed by atoms with Crippen LogP contribution in [-0.4, -0.2) is 23.3 Å². The molecule has 0 radical (unpaired) electrons. The molecule has 0 aromatic heterocycles. The van der Waals surface area contributed by atoms with Crippen LogP contribution in [0.1, 0.15) is 39.2 Å². The van der Waals surface area contributed by atoms with Crippen LogP contribution in [0.5, 0.6) is 11.5 Å². The van der Waals surface area contributed by atoms with E-state index >= 15 is 0 Å². The number of hydrogen-bond acceptors (Lipinski definition) is 3. The van der Waals surface area contributed by atoms with Crippen LogP contribution < -0.4 is 4.90 Å². The topological polar surface area (TPSA) is 43.7 Å². The Balaban J connectivity index is 2.70. The Morgan fingerprint density at radius 3 is 2.38 bits per heavy atom. The van der Waals surface area contributed by atoms with Gasteiger partial charge >= 0.3 is 0 Å². The molecule has 0 bridgehead atoms. The number of benzene rings is 2. The van der Waals surface area contributed by atoms with E-state index in [0.717, 1.165) is 43.4 Å². The van der Waals surface area contributed by atoms with Crippen LogP contribution in [0.2, 0.25) is 0 Å². The summed E-state index contributed by atoms with van der Waals surface area (Å²) < 4.78 is 0. The van der Waals surface area contributed by atoms with Crippen molar-refractivity contribution in [1.29, 1.82) is 0 Å². The summed E-state index contributed by atoms with van der Waals surface area (Å²) in [5, 5.41) is 22.3. The molecule has 0 saturated carbocycles. The van der Waals surface area contributed by atoms with E-state index in [2.05, 4.69) is 31.7 Å². The highest BCUT2D eigenvalue weighted by Crippen LogP contribution is 2.42. The van der Waals surface area contributed by atoms with Crippen molar-refractivity contribution in [2.75, 3.05) is 18.0 Å². The lowest BCUT2D eigenvalue weighted by atomic mass is 9.97. The van der Waals surface area contributed by atoms with Crippen LogP contribution >= 0.6 is 0 Å². The van der Waals surface area contributed by atoms with E-state index < -0.39 is 0 Å². The van der Waals surface area contributed by atoms with Crippen molar-refractivity contribution in [1.82, 2.24) is 0 Å². The third-order valence-corrected chi connectivity index (χ3v) is 4.08. The number of unbranched alkanes of at least 4 members (excludes halogenated alkanes) is 1. The first-order chi connectivity index (χ1) is 10.1. The average molecular weight is 287 g/mol. The number of phenols is 2. The van der Waals surface area contributed by atoms with Crippen LogP contribution in [0, 0.1) is 0 Å². The number of hydrogen-bond donors (Lipinski definition) is 2. The van der Waals surface area contributed by atoms with Crippen molar-refractivity contribution in [3.8, 4) is 11.5 Å². The zero-order valence-electron chi connectivity index (χ0n) is 13.2. The molecule has 2 aromatic rings. The van der Waals surface area contributed by atoms with Crippen LogP contribution in [0.3, 0.4) is 0 Å². The molecule has 2 N–H and O–H groups in total. The van der Waals surface area contributed by atoms with Gasteiger partial charge < -0.3 is 15.1 Å². The van der Waals surface area contributed by atoms with Gasteiger partial charge in [-0.2, -0.15) is 0 Å². The lowest BCUT2D eigenvalue weighted by Crippen LogP contribution is -2.22. The summed E-state index contributed by atoms with van der Waals surface area (Å²) in [6.45, 7) is 7.98. The smallest absolute Gasteiger partial charge is 0.150 e. The van der Waals surface area contributed by atoms with E-state index in [0.29, 0.717) is 5.39 Å². The van der Waals surface area contributed by atoms with Crippen molar-refractivity contribution < 1.29 is 10.2 Å². The number of anilines is 1. The van der Waals surface area contributed by atoms with E-state index in [-0.39, 0.29) is 11.5 Å². The molecule has 21 heavy (non-hydrogen) atoms. The summed E-state index contributed by atoms with van der Waals surface area (Å²) >= 11 is 0. The van der Waals surface area contributed by atoms with Crippen molar-refractivity contribution in [3.63, 3.8) is 0 Å². The molecule has 0 atom stereocenters. The lowest BCUT2D eigenvalue weighted by Gasteiger charge is -2.24. The Morgan fingerprint density at radius 2 is 1.76 bits per heavy atom. The van der Waals surface area contributed by atoms with Gasteiger partial charge in [0.15, 0.2) is 0 Å². The van der Waals surface area contributed by atoms with Gasteiger partial charge in [-0.15, -0.1) is 0 Å². The highest BCUT2D eigenvalue weighted by atomic mass is 16.3. The monoisotopic (exact) mass is 287 g/mol. The summed E-state index contributed by atoms with van der Waals surface area (Å²) in [4.78, 5) is 2.12. The maximum absolute atomic E-state index is 10.6. The zero-order valence-corrected chi connectivity index (χ0v) is 13.2. The molecule has 2 aromatic carbocycles. The van der Waals surface area contributed by atoms with Gasteiger partial charge in [0.1, 0.15) is 11.5 Å². The van der Waals surface area contributed by atoms with Gasteiger partial charge in [0.05, 0.1) is 11.1 Å². The van der Waals surface area contributed by atoms with Gasteiger partial charge in [0, 0.05) is 13.1 Å². The fraction of sp³-hybridized carbons (Fsp3) is 0.444. The Bertz CT molecular complexity index is 618. The molecular weight excluding hydrogens is 262 g/mol. The van der Waals surface area contributed by atoms with Crippen molar-refractivity contribution in [2.45, 2.75) is 40.0 Å². The van der Waals surface area contributed by atoms with Gasteiger partial charge in [-0.1, -0.05) is 25.5 Å². The Labute approximate surface area is 126 Å². The minimum absolute atomic E-state index is 0.150. The summed E-state index contributed by atoms with van der Waals surface area (Å²) in [5.74, 6) is 0.337. The molecular formula is C18H25NO2. The quantitative estimate of drug-likeness (QED) is 0.825. The van der Waals surface area contributed by atoms with Gasteiger partial charge in [-0.25, -0.2) is 0 Å². The Hall–Kier alpha value is -1.90. The molecule has 0 aliphatic carbocycles. The van der Waals surface area contributed by atoms with Crippen LogP contribution in [0.25, 0.3) is 10.8 Å². The minimum Gasteiger partial charge on any atom is -0.507 e. The Kier molecular flexibility index (Phi) is 4.94. The molecule has 0 unspecified atom stereocenters. The molecule has 2 rings (SSSR count). The van der Waals surface area contributed by atoms with E-state index in [1.54, 1.807) is 6.07 Å².